The summed E-state index contributed by atoms with van der Waals surface area (Å²) in [5, 5.41) is 5.58. The average Bonchev–Trinajstić information content (AvgIpc) is 2.79. The molecule has 0 spiro atoms. The Balaban J connectivity index is 1.71. The molecule has 2 N–H and O–H groups in total. The van der Waals surface area contributed by atoms with Crippen molar-refractivity contribution in [2.75, 3.05) is 11.9 Å². The van der Waals surface area contributed by atoms with Gasteiger partial charge in [0.05, 0.1) is 10.6 Å². The monoisotopic (exact) mass is 450 g/mol. The number of halogens is 1. The van der Waals surface area contributed by atoms with Crippen LogP contribution in [0.3, 0.4) is 0 Å². The minimum atomic E-state index is -1.18. The lowest BCUT2D eigenvalue weighted by Gasteiger charge is -2.19. The van der Waals surface area contributed by atoms with E-state index in [-0.39, 0.29) is 10.6 Å². The number of aryl methyl sites for hydroxylation is 2. The van der Waals surface area contributed by atoms with Crippen LogP contribution in [0.5, 0.6) is 0 Å². The highest BCUT2D eigenvalue weighted by atomic mass is 35.5. The summed E-state index contributed by atoms with van der Waals surface area (Å²) in [5.74, 6) is -1.75. The van der Waals surface area contributed by atoms with Gasteiger partial charge in [-0.2, -0.15) is 0 Å². The van der Waals surface area contributed by atoms with E-state index in [9.17, 15) is 14.4 Å². The number of benzene rings is 3. The van der Waals surface area contributed by atoms with Crippen LogP contribution in [0, 0.1) is 13.8 Å². The zero-order valence-corrected chi connectivity index (χ0v) is 18.5. The van der Waals surface area contributed by atoms with Crippen molar-refractivity contribution in [3.05, 3.63) is 100 Å². The smallest absolute Gasteiger partial charge is 0.326 e. The molecule has 0 saturated carbocycles. The van der Waals surface area contributed by atoms with Gasteiger partial charge in [-0.3, -0.25) is 14.4 Å². The first-order chi connectivity index (χ1) is 15.3. The Morgan fingerprint density at radius 1 is 0.938 bits per heavy atom. The number of hydrogen-bond acceptors (Lipinski definition) is 4. The van der Waals surface area contributed by atoms with Gasteiger partial charge in [0, 0.05) is 11.3 Å². The topological polar surface area (TPSA) is 84.5 Å². The second kappa shape index (κ2) is 10.6. The molecule has 0 heterocycles. The van der Waals surface area contributed by atoms with Crippen molar-refractivity contribution < 1.29 is 19.1 Å². The van der Waals surface area contributed by atoms with E-state index < -0.39 is 30.4 Å². The van der Waals surface area contributed by atoms with E-state index in [0.29, 0.717) is 11.3 Å². The number of esters is 1. The molecule has 3 aromatic rings. The van der Waals surface area contributed by atoms with Crippen LogP contribution in [-0.4, -0.2) is 24.3 Å². The van der Waals surface area contributed by atoms with Crippen molar-refractivity contribution >= 4 is 35.1 Å². The summed E-state index contributed by atoms with van der Waals surface area (Å²) in [7, 11) is 0. The summed E-state index contributed by atoms with van der Waals surface area (Å²) >= 11 is 6.01. The fraction of sp³-hybridized carbons (Fsp3) is 0.160. The van der Waals surface area contributed by atoms with Crippen LogP contribution in [-0.2, 0) is 14.3 Å². The van der Waals surface area contributed by atoms with Crippen molar-refractivity contribution in [1.82, 2.24) is 5.32 Å². The summed E-state index contributed by atoms with van der Waals surface area (Å²) in [4.78, 5) is 37.8. The molecule has 0 aliphatic carbocycles. The van der Waals surface area contributed by atoms with Crippen molar-refractivity contribution in [3.63, 3.8) is 0 Å². The molecule has 3 aromatic carbocycles. The molecule has 0 radical (unpaired) electrons. The normalized spacial score (nSPS) is 11.3. The number of amides is 2. The van der Waals surface area contributed by atoms with Gasteiger partial charge in [-0.1, -0.05) is 66.2 Å². The maximum absolute atomic E-state index is 13.0. The molecule has 1 unspecified atom stereocenters. The molecule has 0 aromatic heterocycles. The van der Waals surface area contributed by atoms with Gasteiger partial charge < -0.3 is 15.4 Å². The Labute approximate surface area is 191 Å². The molecule has 2 amide bonds. The van der Waals surface area contributed by atoms with Gasteiger partial charge in [0.15, 0.2) is 0 Å². The molecule has 1 atom stereocenters. The van der Waals surface area contributed by atoms with E-state index in [1.165, 1.54) is 0 Å². The first kappa shape index (κ1) is 23.0. The lowest BCUT2D eigenvalue weighted by atomic mass is 10.1. The summed E-state index contributed by atoms with van der Waals surface area (Å²) in [5.41, 5.74) is 3.27. The van der Waals surface area contributed by atoms with E-state index in [0.717, 1.165) is 11.1 Å². The van der Waals surface area contributed by atoms with Gasteiger partial charge in [-0.15, -0.1) is 0 Å². The Hall–Kier alpha value is -3.64. The molecule has 0 bridgehead atoms. The summed E-state index contributed by atoms with van der Waals surface area (Å²) in [6.45, 7) is 3.39. The van der Waals surface area contributed by atoms with Gasteiger partial charge in [-0.05, 0) is 43.2 Å². The molecule has 3 rings (SSSR count). The summed E-state index contributed by atoms with van der Waals surface area (Å²) < 4.78 is 5.46. The Morgan fingerprint density at radius 3 is 2.34 bits per heavy atom. The SMILES string of the molecule is Cc1ccc(C)c(NC(=O)C(OC(=O)CNC(=O)c2ccccc2Cl)c2ccccc2)c1. The highest BCUT2D eigenvalue weighted by Crippen LogP contribution is 2.23. The fourth-order valence-corrected chi connectivity index (χ4v) is 3.26. The largest absolute Gasteiger partial charge is 0.446 e. The van der Waals surface area contributed by atoms with Crippen LogP contribution in [0.15, 0.2) is 72.8 Å². The number of nitrogens with one attached hydrogen (secondary N) is 2. The van der Waals surface area contributed by atoms with E-state index >= 15 is 0 Å². The summed E-state index contributed by atoms with van der Waals surface area (Å²) in [6, 6.07) is 20.9. The standard InChI is InChI=1S/C25H23ClN2O4/c1-16-12-13-17(2)21(14-16)28-25(31)23(18-8-4-3-5-9-18)32-22(29)15-27-24(30)19-10-6-7-11-20(19)26/h3-14,23H,15H2,1-2H3,(H,27,30)(H,28,31). The highest BCUT2D eigenvalue weighted by molar-refractivity contribution is 6.33. The summed E-state index contributed by atoms with van der Waals surface area (Å²) in [6.07, 6.45) is -1.18. The van der Waals surface area contributed by atoms with E-state index in [4.69, 9.17) is 16.3 Å². The Morgan fingerprint density at radius 2 is 1.62 bits per heavy atom. The number of carbonyl (C=O) groups is 3. The third-order valence-electron chi connectivity index (χ3n) is 4.75. The van der Waals surface area contributed by atoms with Gasteiger partial charge >= 0.3 is 5.97 Å². The number of hydrogen-bond donors (Lipinski definition) is 2. The first-order valence-electron chi connectivity index (χ1n) is 10.0. The van der Waals surface area contributed by atoms with Gasteiger partial charge in [0.2, 0.25) is 6.10 Å². The number of anilines is 1. The lowest BCUT2D eigenvalue weighted by Crippen LogP contribution is -2.33. The molecule has 0 saturated heterocycles. The van der Waals surface area contributed by atoms with E-state index in [1.807, 2.05) is 32.0 Å². The molecular weight excluding hydrogens is 428 g/mol. The van der Waals surface area contributed by atoms with Crippen molar-refractivity contribution in [2.45, 2.75) is 20.0 Å². The molecule has 0 aliphatic heterocycles. The van der Waals surface area contributed by atoms with Gasteiger partial charge in [0.25, 0.3) is 11.8 Å². The van der Waals surface area contributed by atoms with Gasteiger partial charge in [-0.25, -0.2) is 0 Å². The van der Waals surface area contributed by atoms with Gasteiger partial charge in [0.1, 0.15) is 6.54 Å². The quantitative estimate of drug-likeness (QED) is 0.515. The molecule has 6 nitrogen and oxygen atoms in total. The van der Waals surface area contributed by atoms with Crippen LogP contribution < -0.4 is 10.6 Å². The van der Waals surface area contributed by atoms with E-state index in [1.54, 1.807) is 54.6 Å². The third kappa shape index (κ3) is 5.95. The van der Waals surface area contributed by atoms with Crippen LogP contribution in [0.25, 0.3) is 0 Å². The Kier molecular flexibility index (Phi) is 7.63. The van der Waals surface area contributed by atoms with Crippen LogP contribution in [0.1, 0.15) is 33.2 Å². The predicted octanol–water partition coefficient (Wildman–Crippen LogP) is 4.61. The fourth-order valence-electron chi connectivity index (χ4n) is 3.04. The van der Waals surface area contributed by atoms with Crippen molar-refractivity contribution in [2.24, 2.45) is 0 Å². The van der Waals surface area contributed by atoms with Crippen LogP contribution in [0.4, 0.5) is 5.69 Å². The maximum atomic E-state index is 13.0. The van der Waals surface area contributed by atoms with Crippen LogP contribution >= 0.6 is 11.6 Å². The number of carbonyl (C=O) groups excluding carboxylic acids is 3. The molecular formula is C25H23ClN2O4. The molecule has 32 heavy (non-hydrogen) atoms. The second-order valence-electron chi connectivity index (χ2n) is 7.25. The number of ether oxygens (including phenoxy) is 1. The zero-order valence-electron chi connectivity index (χ0n) is 17.7. The third-order valence-corrected chi connectivity index (χ3v) is 5.08. The maximum Gasteiger partial charge on any atom is 0.326 e. The number of rotatable bonds is 7. The first-order valence-corrected chi connectivity index (χ1v) is 10.4. The predicted molar refractivity (Wildman–Crippen MR) is 124 cm³/mol. The minimum absolute atomic E-state index is 0.245. The molecule has 0 fully saturated rings. The second-order valence-corrected chi connectivity index (χ2v) is 7.66. The van der Waals surface area contributed by atoms with Crippen molar-refractivity contribution in [3.8, 4) is 0 Å². The minimum Gasteiger partial charge on any atom is -0.446 e. The average molecular weight is 451 g/mol. The lowest BCUT2D eigenvalue weighted by molar-refractivity contribution is -0.153. The zero-order chi connectivity index (χ0) is 23.1. The highest BCUT2D eigenvalue weighted by Gasteiger charge is 2.26. The van der Waals surface area contributed by atoms with E-state index in [2.05, 4.69) is 10.6 Å². The Bertz CT molecular complexity index is 1130. The van der Waals surface area contributed by atoms with Crippen molar-refractivity contribution in [1.29, 1.82) is 0 Å². The molecule has 7 heteroatoms. The molecule has 0 aliphatic rings. The van der Waals surface area contributed by atoms with Crippen LogP contribution in [0.2, 0.25) is 5.02 Å². The molecule has 164 valence electrons.